The van der Waals surface area contributed by atoms with Crippen LogP contribution in [0.4, 0.5) is 4.39 Å². The number of benzene rings is 1. The second-order valence-electron chi connectivity index (χ2n) is 4.81. The Bertz CT molecular complexity index is 552. The minimum absolute atomic E-state index is 0.237. The van der Waals surface area contributed by atoms with E-state index in [1.54, 1.807) is 6.92 Å². The molecule has 0 aliphatic carbocycles. The zero-order valence-corrected chi connectivity index (χ0v) is 13.5. The normalized spacial score (nSPS) is 14.9. The van der Waals surface area contributed by atoms with E-state index < -0.39 is 29.3 Å². The Labute approximate surface area is 130 Å². The number of carbonyl (C=O) groups is 2. The first-order chi connectivity index (χ1) is 9.69. The standard InChI is InChI=1S/C14H17BrFNO4/c1-4-14(3,13(19)20)17-12(18)8(2)21-11-6-5-9(16)7-10(11)15/h5-8H,4H2,1-3H3,(H,17,18)(H,19,20). The van der Waals surface area contributed by atoms with Gasteiger partial charge < -0.3 is 15.2 Å². The number of carbonyl (C=O) groups excluding carboxylic acids is 1. The smallest absolute Gasteiger partial charge is 0.329 e. The molecule has 0 aromatic heterocycles. The second kappa shape index (κ2) is 6.89. The van der Waals surface area contributed by atoms with Crippen molar-refractivity contribution in [3.63, 3.8) is 0 Å². The molecule has 0 saturated heterocycles. The fraction of sp³-hybridized carbons (Fsp3) is 0.429. The zero-order valence-electron chi connectivity index (χ0n) is 11.9. The van der Waals surface area contributed by atoms with Crippen molar-refractivity contribution in [2.45, 2.75) is 38.8 Å². The van der Waals surface area contributed by atoms with Gasteiger partial charge in [0.1, 0.15) is 17.1 Å². The molecule has 1 rings (SSSR count). The molecule has 2 atom stereocenters. The minimum Gasteiger partial charge on any atom is -0.480 e. The summed E-state index contributed by atoms with van der Waals surface area (Å²) >= 11 is 3.13. The first kappa shape index (κ1) is 17.4. The lowest BCUT2D eigenvalue weighted by atomic mass is 9.99. The lowest BCUT2D eigenvalue weighted by molar-refractivity contribution is -0.148. The Kier molecular flexibility index (Phi) is 5.71. The third kappa shape index (κ3) is 4.42. The summed E-state index contributed by atoms with van der Waals surface area (Å²) in [7, 11) is 0. The van der Waals surface area contributed by atoms with Gasteiger partial charge in [-0.2, -0.15) is 0 Å². The number of nitrogens with one attached hydrogen (secondary N) is 1. The maximum absolute atomic E-state index is 13.0. The maximum atomic E-state index is 13.0. The average molecular weight is 362 g/mol. The molecule has 0 saturated carbocycles. The Balaban J connectivity index is 2.77. The van der Waals surface area contributed by atoms with Crippen LogP contribution in [0.15, 0.2) is 22.7 Å². The van der Waals surface area contributed by atoms with Gasteiger partial charge in [-0.1, -0.05) is 6.92 Å². The summed E-state index contributed by atoms with van der Waals surface area (Å²) in [4.78, 5) is 23.2. The highest BCUT2D eigenvalue weighted by Gasteiger charge is 2.34. The number of carboxylic acids is 1. The molecule has 1 aromatic carbocycles. The van der Waals surface area contributed by atoms with E-state index in [0.717, 1.165) is 0 Å². The third-order valence-corrected chi connectivity index (χ3v) is 3.76. The molecule has 0 heterocycles. The number of hydrogen-bond donors (Lipinski definition) is 2. The largest absolute Gasteiger partial charge is 0.480 e. The molecule has 21 heavy (non-hydrogen) atoms. The number of carboxylic acid groups (broad SMARTS) is 1. The Morgan fingerprint density at radius 2 is 2.14 bits per heavy atom. The van der Waals surface area contributed by atoms with Crippen molar-refractivity contribution >= 4 is 27.8 Å². The van der Waals surface area contributed by atoms with E-state index in [2.05, 4.69) is 21.2 Å². The van der Waals surface area contributed by atoms with E-state index in [1.165, 1.54) is 32.0 Å². The molecule has 0 radical (unpaired) electrons. The second-order valence-corrected chi connectivity index (χ2v) is 5.67. The molecule has 2 N–H and O–H groups in total. The van der Waals surface area contributed by atoms with Gasteiger partial charge in [-0.05, 0) is 54.4 Å². The lowest BCUT2D eigenvalue weighted by Gasteiger charge is -2.26. The number of rotatable bonds is 6. The number of hydrogen-bond acceptors (Lipinski definition) is 3. The van der Waals surface area contributed by atoms with Crippen LogP contribution < -0.4 is 10.1 Å². The molecule has 0 spiro atoms. The van der Waals surface area contributed by atoms with Crippen LogP contribution in [0.3, 0.4) is 0 Å². The fourth-order valence-corrected chi connectivity index (χ4v) is 1.93. The molecule has 116 valence electrons. The van der Waals surface area contributed by atoms with Crippen molar-refractivity contribution in [1.82, 2.24) is 5.32 Å². The predicted octanol–water partition coefficient (Wildman–Crippen LogP) is 2.73. The number of halogens is 2. The van der Waals surface area contributed by atoms with Crippen LogP contribution in [0.5, 0.6) is 5.75 Å². The van der Waals surface area contributed by atoms with Crippen molar-refractivity contribution in [2.24, 2.45) is 0 Å². The van der Waals surface area contributed by atoms with Gasteiger partial charge in [-0.25, -0.2) is 9.18 Å². The average Bonchev–Trinajstić information content (AvgIpc) is 2.41. The monoisotopic (exact) mass is 361 g/mol. The van der Waals surface area contributed by atoms with Crippen molar-refractivity contribution in [3.8, 4) is 5.75 Å². The lowest BCUT2D eigenvalue weighted by Crippen LogP contribution is -2.54. The highest BCUT2D eigenvalue weighted by molar-refractivity contribution is 9.10. The Morgan fingerprint density at radius 3 is 2.62 bits per heavy atom. The number of aliphatic carboxylic acids is 1. The van der Waals surface area contributed by atoms with Crippen molar-refractivity contribution in [2.75, 3.05) is 0 Å². The van der Waals surface area contributed by atoms with E-state index in [4.69, 9.17) is 9.84 Å². The molecular formula is C14H17BrFNO4. The first-order valence-electron chi connectivity index (χ1n) is 6.36. The fourth-order valence-electron chi connectivity index (χ4n) is 1.48. The Hall–Kier alpha value is -1.63. The van der Waals surface area contributed by atoms with Crippen LogP contribution in [0.25, 0.3) is 0 Å². The summed E-state index contributed by atoms with van der Waals surface area (Å²) in [6.07, 6.45) is -0.682. The zero-order chi connectivity index (χ0) is 16.2. The van der Waals surface area contributed by atoms with E-state index in [-0.39, 0.29) is 6.42 Å². The van der Waals surface area contributed by atoms with Gasteiger partial charge in [0.2, 0.25) is 0 Å². The molecule has 0 aliphatic rings. The van der Waals surface area contributed by atoms with Gasteiger partial charge >= 0.3 is 5.97 Å². The predicted molar refractivity (Wildman–Crippen MR) is 78.7 cm³/mol. The molecule has 0 bridgehead atoms. The number of ether oxygens (including phenoxy) is 1. The van der Waals surface area contributed by atoms with Gasteiger partial charge in [-0.3, -0.25) is 4.79 Å². The summed E-state index contributed by atoms with van der Waals surface area (Å²) in [6.45, 7) is 4.58. The minimum atomic E-state index is -1.35. The summed E-state index contributed by atoms with van der Waals surface area (Å²) < 4.78 is 18.8. The molecule has 1 aromatic rings. The quantitative estimate of drug-likeness (QED) is 0.816. The number of amides is 1. The molecule has 1 amide bonds. The highest BCUT2D eigenvalue weighted by atomic mass is 79.9. The van der Waals surface area contributed by atoms with Crippen molar-refractivity contribution < 1.29 is 23.8 Å². The van der Waals surface area contributed by atoms with Gasteiger partial charge in [0.05, 0.1) is 4.47 Å². The maximum Gasteiger partial charge on any atom is 0.329 e. The van der Waals surface area contributed by atoms with Crippen molar-refractivity contribution in [1.29, 1.82) is 0 Å². The van der Waals surface area contributed by atoms with Crippen LogP contribution in [-0.4, -0.2) is 28.6 Å². The summed E-state index contributed by atoms with van der Waals surface area (Å²) in [6, 6.07) is 3.81. The van der Waals surface area contributed by atoms with Crippen LogP contribution in [-0.2, 0) is 9.59 Å². The Morgan fingerprint density at radius 1 is 1.52 bits per heavy atom. The van der Waals surface area contributed by atoms with Gasteiger partial charge in [0, 0.05) is 0 Å². The molecule has 5 nitrogen and oxygen atoms in total. The molecular weight excluding hydrogens is 345 g/mol. The summed E-state index contributed by atoms with van der Waals surface area (Å²) in [5.74, 6) is -1.81. The van der Waals surface area contributed by atoms with Crippen LogP contribution in [0.1, 0.15) is 27.2 Å². The topological polar surface area (TPSA) is 75.6 Å². The first-order valence-corrected chi connectivity index (χ1v) is 7.16. The van der Waals surface area contributed by atoms with Crippen LogP contribution in [0, 0.1) is 5.82 Å². The van der Waals surface area contributed by atoms with Gasteiger partial charge in [0.15, 0.2) is 6.10 Å². The van der Waals surface area contributed by atoms with E-state index in [1.807, 2.05) is 0 Å². The van der Waals surface area contributed by atoms with E-state index in [9.17, 15) is 14.0 Å². The molecule has 2 unspecified atom stereocenters. The van der Waals surface area contributed by atoms with E-state index in [0.29, 0.717) is 10.2 Å². The van der Waals surface area contributed by atoms with Crippen LogP contribution >= 0.6 is 15.9 Å². The third-order valence-electron chi connectivity index (χ3n) is 3.15. The highest BCUT2D eigenvalue weighted by Crippen LogP contribution is 2.26. The SMILES string of the molecule is CCC(C)(NC(=O)C(C)Oc1ccc(F)cc1Br)C(=O)O. The van der Waals surface area contributed by atoms with Gasteiger partial charge in [0.25, 0.3) is 5.91 Å². The van der Waals surface area contributed by atoms with E-state index >= 15 is 0 Å². The van der Waals surface area contributed by atoms with Crippen LogP contribution in [0.2, 0.25) is 0 Å². The molecule has 0 fully saturated rings. The molecule has 0 aliphatic heterocycles. The van der Waals surface area contributed by atoms with Crippen molar-refractivity contribution in [3.05, 3.63) is 28.5 Å². The molecule has 7 heteroatoms. The summed E-state index contributed by atoms with van der Waals surface area (Å²) in [5, 5.41) is 11.6. The van der Waals surface area contributed by atoms with Gasteiger partial charge in [-0.15, -0.1) is 0 Å². The summed E-state index contributed by atoms with van der Waals surface area (Å²) in [5.41, 5.74) is -1.35.